The summed E-state index contributed by atoms with van der Waals surface area (Å²) in [5, 5.41) is 2.61. The van der Waals surface area contributed by atoms with Crippen molar-refractivity contribution in [3.63, 3.8) is 0 Å². The maximum absolute atomic E-state index is 12.9. The van der Waals surface area contributed by atoms with Gasteiger partial charge in [0.15, 0.2) is 0 Å². The van der Waals surface area contributed by atoms with Crippen LogP contribution in [0.2, 0.25) is 5.02 Å². The summed E-state index contributed by atoms with van der Waals surface area (Å²) in [5.74, 6) is -1.39. The average molecular weight is 410 g/mol. The number of imide groups is 2. The van der Waals surface area contributed by atoms with Gasteiger partial charge in [-0.25, -0.2) is 9.69 Å². The zero-order valence-corrected chi connectivity index (χ0v) is 16.5. The fourth-order valence-electron chi connectivity index (χ4n) is 3.61. The summed E-state index contributed by atoms with van der Waals surface area (Å²) in [6.07, 6.45) is 5.14. The molecule has 2 aliphatic rings. The summed E-state index contributed by atoms with van der Waals surface area (Å²) < 4.78 is 0. The van der Waals surface area contributed by atoms with Gasteiger partial charge >= 0.3 is 6.03 Å². The van der Waals surface area contributed by atoms with Crippen LogP contribution in [0.5, 0.6) is 0 Å². The van der Waals surface area contributed by atoms with Crippen molar-refractivity contribution < 1.29 is 14.4 Å². The lowest BCUT2D eigenvalue weighted by Gasteiger charge is -2.29. The number of hydrogen-bond donors (Lipinski definition) is 1. The number of halogens is 1. The summed E-state index contributed by atoms with van der Waals surface area (Å²) in [7, 11) is 0. The molecule has 0 unspecified atom stereocenters. The van der Waals surface area contributed by atoms with Crippen LogP contribution in [0, 0.1) is 0 Å². The van der Waals surface area contributed by atoms with Crippen LogP contribution in [0.1, 0.15) is 24.8 Å². The van der Waals surface area contributed by atoms with Gasteiger partial charge in [0.25, 0.3) is 11.8 Å². The van der Waals surface area contributed by atoms with E-state index in [-0.39, 0.29) is 5.57 Å². The molecule has 6 nitrogen and oxygen atoms in total. The molecular weight excluding hydrogens is 390 g/mol. The van der Waals surface area contributed by atoms with E-state index < -0.39 is 17.8 Å². The fourth-order valence-corrected chi connectivity index (χ4v) is 3.79. The van der Waals surface area contributed by atoms with E-state index in [1.807, 2.05) is 24.3 Å². The van der Waals surface area contributed by atoms with Crippen molar-refractivity contribution in [1.29, 1.82) is 0 Å². The Kier molecular flexibility index (Phi) is 5.36. The maximum Gasteiger partial charge on any atom is 0.335 e. The molecule has 0 spiro atoms. The Bertz CT molecular complexity index is 995. The minimum atomic E-state index is -0.792. The number of barbiturate groups is 1. The molecule has 0 radical (unpaired) electrons. The second-order valence-corrected chi connectivity index (χ2v) is 7.51. The van der Waals surface area contributed by atoms with Crippen LogP contribution < -0.4 is 15.1 Å². The minimum absolute atomic E-state index is 0.102. The normalized spacial score (nSPS) is 18.9. The van der Waals surface area contributed by atoms with Gasteiger partial charge < -0.3 is 4.90 Å². The lowest BCUT2D eigenvalue weighted by Crippen LogP contribution is -2.54. The quantitative estimate of drug-likeness (QED) is 0.614. The third-order valence-corrected chi connectivity index (χ3v) is 5.33. The Morgan fingerprint density at radius 3 is 2.31 bits per heavy atom. The largest absolute Gasteiger partial charge is 0.372 e. The Hall–Kier alpha value is -3.12. The van der Waals surface area contributed by atoms with Crippen molar-refractivity contribution in [3.05, 3.63) is 64.7 Å². The van der Waals surface area contributed by atoms with E-state index in [4.69, 9.17) is 11.6 Å². The van der Waals surface area contributed by atoms with Gasteiger partial charge in [0.2, 0.25) is 0 Å². The number of carbonyl (C=O) groups excluding carboxylic acids is 3. The van der Waals surface area contributed by atoms with E-state index in [2.05, 4.69) is 10.2 Å². The first kappa shape index (κ1) is 19.2. The zero-order valence-electron chi connectivity index (χ0n) is 15.7. The van der Waals surface area contributed by atoms with E-state index in [0.717, 1.165) is 23.7 Å². The number of benzene rings is 2. The van der Waals surface area contributed by atoms with Crippen molar-refractivity contribution in [3.8, 4) is 0 Å². The van der Waals surface area contributed by atoms with Gasteiger partial charge in [0.1, 0.15) is 5.57 Å². The second kappa shape index (κ2) is 8.09. The third kappa shape index (κ3) is 4.03. The Balaban J connectivity index is 1.60. The molecule has 7 heteroatoms. The number of rotatable bonds is 3. The molecule has 0 bridgehead atoms. The first-order chi connectivity index (χ1) is 14.0. The van der Waals surface area contributed by atoms with Crippen LogP contribution in [0.4, 0.5) is 16.2 Å². The van der Waals surface area contributed by atoms with Crippen LogP contribution in [0.25, 0.3) is 6.08 Å². The highest BCUT2D eigenvalue weighted by molar-refractivity contribution is 6.39. The Morgan fingerprint density at radius 1 is 0.897 bits per heavy atom. The molecular formula is C22H20ClN3O3. The van der Waals surface area contributed by atoms with Gasteiger partial charge in [-0.15, -0.1) is 0 Å². The van der Waals surface area contributed by atoms with Crippen molar-refractivity contribution in [2.75, 3.05) is 22.9 Å². The SMILES string of the molecule is O=C1NC(=O)N(c2cccc(Cl)c2)C(=O)/C1=C/c1ccc(N2CCCCC2)cc1. The highest BCUT2D eigenvalue weighted by Gasteiger charge is 2.36. The summed E-state index contributed by atoms with van der Waals surface area (Å²) in [6, 6.07) is 13.3. The standard InChI is InChI=1S/C22H20ClN3O3/c23-16-5-4-6-18(14-16)26-21(28)19(20(27)24-22(26)29)13-15-7-9-17(10-8-15)25-11-2-1-3-12-25/h4-10,13-14H,1-3,11-12H2,(H,24,27,29)/b19-13+. The number of nitrogens with zero attached hydrogens (tertiary/aromatic N) is 2. The van der Waals surface area contributed by atoms with Crippen molar-refractivity contribution >= 4 is 46.9 Å². The topological polar surface area (TPSA) is 69.7 Å². The van der Waals surface area contributed by atoms with E-state index in [1.54, 1.807) is 18.2 Å². The average Bonchev–Trinajstić information content (AvgIpc) is 2.72. The maximum atomic E-state index is 12.9. The molecule has 0 aromatic heterocycles. The minimum Gasteiger partial charge on any atom is -0.372 e. The van der Waals surface area contributed by atoms with Gasteiger partial charge in [-0.05, 0) is 61.2 Å². The molecule has 29 heavy (non-hydrogen) atoms. The Labute approximate surface area is 173 Å². The first-order valence-electron chi connectivity index (χ1n) is 9.55. The highest BCUT2D eigenvalue weighted by Crippen LogP contribution is 2.25. The molecule has 2 aromatic carbocycles. The molecule has 2 aromatic rings. The van der Waals surface area contributed by atoms with E-state index in [9.17, 15) is 14.4 Å². The molecule has 2 aliphatic heterocycles. The highest BCUT2D eigenvalue weighted by atomic mass is 35.5. The molecule has 2 fully saturated rings. The van der Waals surface area contributed by atoms with Gasteiger partial charge in [-0.1, -0.05) is 29.8 Å². The summed E-state index contributed by atoms with van der Waals surface area (Å²) in [6.45, 7) is 2.08. The molecule has 0 atom stereocenters. The predicted octanol–water partition coefficient (Wildman–Crippen LogP) is 4.00. The molecule has 4 rings (SSSR count). The molecule has 148 valence electrons. The van der Waals surface area contributed by atoms with E-state index >= 15 is 0 Å². The summed E-state index contributed by atoms with van der Waals surface area (Å²) in [5.41, 5.74) is 2.04. The van der Waals surface area contributed by atoms with Crippen molar-refractivity contribution in [2.45, 2.75) is 19.3 Å². The number of amides is 4. The van der Waals surface area contributed by atoms with Crippen LogP contribution in [0.15, 0.2) is 54.1 Å². The number of hydrogen-bond acceptors (Lipinski definition) is 4. The van der Waals surface area contributed by atoms with Crippen LogP contribution >= 0.6 is 11.6 Å². The molecule has 1 N–H and O–H groups in total. The molecule has 2 heterocycles. The van der Waals surface area contributed by atoms with Gasteiger partial charge in [0.05, 0.1) is 5.69 Å². The van der Waals surface area contributed by atoms with Crippen molar-refractivity contribution in [2.24, 2.45) is 0 Å². The van der Waals surface area contributed by atoms with Crippen LogP contribution in [-0.4, -0.2) is 30.9 Å². The Morgan fingerprint density at radius 2 is 1.62 bits per heavy atom. The zero-order chi connectivity index (χ0) is 20.4. The number of nitrogens with one attached hydrogen (secondary N) is 1. The number of piperidine rings is 1. The van der Waals surface area contributed by atoms with Gasteiger partial charge in [-0.3, -0.25) is 14.9 Å². The third-order valence-electron chi connectivity index (χ3n) is 5.09. The fraction of sp³-hybridized carbons (Fsp3) is 0.227. The molecule has 0 saturated carbocycles. The lowest BCUT2D eigenvalue weighted by molar-refractivity contribution is -0.122. The molecule has 0 aliphatic carbocycles. The van der Waals surface area contributed by atoms with Gasteiger partial charge in [0, 0.05) is 23.8 Å². The second-order valence-electron chi connectivity index (χ2n) is 7.08. The molecule has 2 saturated heterocycles. The van der Waals surface area contributed by atoms with Crippen LogP contribution in [-0.2, 0) is 9.59 Å². The molecule has 4 amide bonds. The monoisotopic (exact) mass is 409 g/mol. The van der Waals surface area contributed by atoms with E-state index in [0.29, 0.717) is 16.3 Å². The lowest BCUT2D eigenvalue weighted by atomic mass is 10.1. The summed E-state index contributed by atoms with van der Waals surface area (Å²) in [4.78, 5) is 40.7. The number of carbonyl (C=O) groups is 3. The number of urea groups is 1. The first-order valence-corrected chi connectivity index (χ1v) is 9.93. The van der Waals surface area contributed by atoms with Crippen LogP contribution in [0.3, 0.4) is 0 Å². The summed E-state index contributed by atoms with van der Waals surface area (Å²) >= 11 is 5.98. The van der Waals surface area contributed by atoms with Gasteiger partial charge in [-0.2, -0.15) is 0 Å². The smallest absolute Gasteiger partial charge is 0.335 e. The van der Waals surface area contributed by atoms with E-state index in [1.165, 1.54) is 31.4 Å². The van der Waals surface area contributed by atoms with Crippen molar-refractivity contribution in [1.82, 2.24) is 5.32 Å². The number of anilines is 2. The predicted molar refractivity (Wildman–Crippen MR) is 113 cm³/mol.